The van der Waals surface area contributed by atoms with Gasteiger partial charge in [0.2, 0.25) is 0 Å². The fourth-order valence-electron chi connectivity index (χ4n) is 1.83. The van der Waals surface area contributed by atoms with E-state index >= 15 is 0 Å². The van der Waals surface area contributed by atoms with E-state index in [4.69, 9.17) is 22.2 Å². The van der Waals surface area contributed by atoms with Crippen molar-refractivity contribution < 1.29 is 4.74 Å². The van der Waals surface area contributed by atoms with Crippen LogP contribution in [0.3, 0.4) is 0 Å². The molecule has 6 heteroatoms. The van der Waals surface area contributed by atoms with Crippen molar-refractivity contribution >= 4 is 38.9 Å². The molecule has 2 aromatic rings. The van der Waals surface area contributed by atoms with Crippen LogP contribution in [-0.4, -0.2) is 7.11 Å². The summed E-state index contributed by atoms with van der Waals surface area (Å²) in [5, 5.41) is 0. The molecule has 1 unspecified atom stereocenters. The minimum Gasteiger partial charge on any atom is -0.496 e. The molecule has 102 valence electrons. The Balaban J connectivity index is 2.16. The molecule has 3 nitrogen and oxygen atoms in total. The summed E-state index contributed by atoms with van der Waals surface area (Å²) in [4.78, 5) is 1.12. The van der Waals surface area contributed by atoms with Crippen molar-refractivity contribution in [1.82, 2.24) is 5.43 Å². The molecule has 0 aliphatic rings. The first kappa shape index (κ1) is 14.8. The normalized spacial score (nSPS) is 12.4. The Morgan fingerprint density at radius 1 is 1.42 bits per heavy atom. The zero-order valence-electron chi connectivity index (χ0n) is 10.3. The van der Waals surface area contributed by atoms with Crippen LogP contribution in [0.2, 0.25) is 4.34 Å². The summed E-state index contributed by atoms with van der Waals surface area (Å²) in [5.41, 5.74) is 4.00. The zero-order valence-corrected chi connectivity index (χ0v) is 13.5. The van der Waals surface area contributed by atoms with E-state index in [0.29, 0.717) is 0 Å². The number of hydrogen-bond donors (Lipinski definition) is 2. The molecule has 0 aliphatic carbocycles. The maximum Gasteiger partial charge on any atom is 0.133 e. The molecule has 0 amide bonds. The van der Waals surface area contributed by atoms with Crippen LogP contribution in [0.5, 0.6) is 5.75 Å². The molecule has 0 radical (unpaired) electrons. The van der Waals surface area contributed by atoms with Crippen LogP contribution in [0, 0.1) is 0 Å². The molecule has 1 heterocycles. The Labute approximate surface area is 129 Å². The van der Waals surface area contributed by atoms with E-state index in [1.54, 1.807) is 7.11 Å². The van der Waals surface area contributed by atoms with Gasteiger partial charge in [0.25, 0.3) is 0 Å². The number of benzene rings is 1. The van der Waals surface area contributed by atoms with Crippen molar-refractivity contribution in [2.24, 2.45) is 5.84 Å². The topological polar surface area (TPSA) is 47.3 Å². The van der Waals surface area contributed by atoms with Crippen molar-refractivity contribution in [1.29, 1.82) is 0 Å². The van der Waals surface area contributed by atoms with Gasteiger partial charge in [0.1, 0.15) is 5.75 Å². The molecule has 0 bridgehead atoms. The number of halogens is 2. The van der Waals surface area contributed by atoms with E-state index in [0.717, 1.165) is 25.9 Å². The van der Waals surface area contributed by atoms with Gasteiger partial charge in [0, 0.05) is 4.88 Å². The molecule has 0 saturated heterocycles. The van der Waals surface area contributed by atoms with Crippen LogP contribution >= 0.6 is 38.9 Å². The number of rotatable bonds is 5. The fourth-order valence-corrected chi connectivity index (χ4v) is 3.54. The molecular weight excluding hydrogens is 348 g/mol. The standard InChI is InChI=1S/C13H14BrClN2OS/c1-18-11-3-2-8(6-9(11)14)7-10(17-16)12-4-5-13(15)19-12/h2-6,10,17H,7,16H2,1H3. The van der Waals surface area contributed by atoms with E-state index in [9.17, 15) is 0 Å². The third-order valence-electron chi connectivity index (χ3n) is 2.79. The van der Waals surface area contributed by atoms with Crippen molar-refractivity contribution in [3.8, 4) is 5.75 Å². The van der Waals surface area contributed by atoms with Gasteiger partial charge in [-0.2, -0.15) is 0 Å². The van der Waals surface area contributed by atoms with Gasteiger partial charge in [0.15, 0.2) is 0 Å². The number of nitrogens with one attached hydrogen (secondary N) is 1. The number of nitrogens with two attached hydrogens (primary N) is 1. The van der Waals surface area contributed by atoms with Crippen LogP contribution < -0.4 is 16.0 Å². The Bertz CT molecular complexity index is 561. The summed E-state index contributed by atoms with van der Waals surface area (Å²) >= 11 is 11.0. The molecule has 0 spiro atoms. The first-order valence-corrected chi connectivity index (χ1v) is 7.66. The second-order valence-electron chi connectivity index (χ2n) is 4.03. The third kappa shape index (κ3) is 3.70. The quantitative estimate of drug-likeness (QED) is 0.627. The Morgan fingerprint density at radius 2 is 2.21 bits per heavy atom. The molecule has 0 fully saturated rings. The Morgan fingerprint density at radius 3 is 2.74 bits per heavy atom. The lowest BCUT2D eigenvalue weighted by atomic mass is 10.1. The predicted octanol–water partition coefficient (Wildman–Crippen LogP) is 3.92. The molecular formula is C13H14BrClN2OS. The molecule has 1 atom stereocenters. The molecule has 2 rings (SSSR count). The summed E-state index contributed by atoms with van der Waals surface area (Å²) < 4.78 is 6.92. The molecule has 19 heavy (non-hydrogen) atoms. The van der Waals surface area contributed by atoms with E-state index in [1.807, 2.05) is 30.3 Å². The summed E-state index contributed by atoms with van der Waals surface area (Å²) in [5.74, 6) is 6.45. The second kappa shape index (κ2) is 6.72. The fraction of sp³-hybridized carbons (Fsp3) is 0.231. The lowest BCUT2D eigenvalue weighted by Crippen LogP contribution is -2.28. The summed E-state index contributed by atoms with van der Waals surface area (Å²) in [6, 6.07) is 9.94. The monoisotopic (exact) mass is 360 g/mol. The first-order chi connectivity index (χ1) is 9.13. The van der Waals surface area contributed by atoms with Crippen LogP contribution in [0.25, 0.3) is 0 Å². The molecule has 0 aliphatic heterocycles. The minimum absolute atomic E-state index is 0.0535. The molecule has 3 N–H and O–H groups in total. The van der Waals surface area contributed by atoms with E-state index < -0.39 is 0 Å². The van der Waals surface area contributed by atoms with Gasteiger partial charge in [-0.1, -0.05) is 17.7 Å². The highest BCUT2D eigenvalue weighted by atomic mass is 79.9. The van der Waals surface area contributed by atoms with Gasteiger partial charge in [-0.3, -0.25) is 11.3 Å². The van der Waals surface area contributed by atoms with Gasteiger partial charge < -0.3 is 4.74 Å². The lowest BCUT2D eigenvalue weighted by molar-refractivity contribution is 0.412. The lowest BCUT2D eigenvalue weighted by Gasteiger charge is -2.15. The van der Waals surface area contributed by atoms with Gasteiger partial charge >= 0.3 is 0 Å². The van der Waals surface area contributed by atoms with E-state index in [2.05, 4.69) is 21.4 Å². The number of hydrazine groups is 1. The minimum atomic E-state index is 0.0535. The van der Waals surface area contributed by atoms with Gasteiger partial charge in [0.05, 0.1) is 22.0 Å². The van der Waals surface area contributed by atoms with Crippen LogP contribution in [-0.2, 0) is 6.42 Å². The molecule has 0 saturated carbocycles. The summed E-state index contributed by atoms with van der Waals surface area (Å²) in [7, 11) is 1.65. The van der Waals surface area contributed by atoms with Crippen LogP contribution in [0.15, 0.2) is 34.8 Å². The van der Waals surface area contributed by atoms with Crippen molar-refractivity contribution in [2.45, 2.75) is 12.5 Å². The Kier molecular flexibility index (Phi) is 5.24. The van der Waals surface area contributed by atoms with Gasteiger partial charge in [-0.15, -0.1) is 11.3 Å². The second-order valence-corrected chi connectivity index (χ2v) is 6.64. The first-order valence-electron chi connectivity index (χ1n) is 5.68. The van der Waals surface area contributed by atoms with Gasteiger partial charge in [-0.05, 0) is 52.2 Å². The largest absolute Gasteiger partial charge is 0.496 e. The summed E-state index contributed by atoms with van der Waals surface area (Å²) in [6.45, 7) is 0. The van der Waals surface area contributed by atoms with Crippen molar-refractivity contribution in [3.05, 3.63) is 49.6 Å². The zero-order chi connectivity index (χ0) is 13.8. The van der Waals surface area contributed by atoms with Gasteiger partial charge in [-0.25, -0.2) is 0 Å². The Hall–Kier alpha value is -0.590. The van der Waals surface area contributed by atoms with Crippen molar-refractivity contribution in [3.63, 3.8) is 0 Å². The average molecular weight is 362 g/mol. The average Bonchev–Trinajstić information content (AvgIpc) is 2.82. The maximum absolute atomic E-state index is 5.96. The number of hydrogen-bond acceptors (Lipinski definition) is 4. The third-order valence-corrected chi connectivity index (χ3v) is 4.76. The van der Waals surface area contributed by atoms with E-state index in [-0.39, 0.29) is 6.04 Å². The van der Waals surface area contributed by atoms with Crippen molar-refractivity contribution in [2.75, 3.05) is 7.11 Å². The smallest absolute Gasteiger partial charge is 0.133 e. The number of ether oxygens (including phenoxy) is 1. The summed E-state index contributed by atoms with van der Waals surface area (Å²) in [6.07, 6.45) is 0.788. The van der Waals surface area contributed by atoms with Crippen LogP contribution in [0.1, 0.15) is 16.5 Å². The number of thiophene rings is 1. The number of methoxy groups -OCH3 is 1. The molecule has 1 aromatic heterocycles. The SMILES string of the molecule is COc1ccc(CC(NN)c2ccc(Cl)s2)cc1Br. The predicted molar refractivity (Wildman–Crippen MR) is 83.8 cm³/mol. The maximum atomic E-state index is 5.96. The molecule has 1 aromatic carbocycles. The van der Waals surface area contributed by atoms with E-state index in [1.165, 1.54) is 16.9 Å². The highest BCUT2D eigenvalue weighted by Crippen LogP contribution is 2.31. The highest BCUT2D eigenvalue weighted by Gasteiger charge is 2.13. The van der Waals surface area contributed by atoms with Crippen LogP contribution in [0.4, 0.5) is 0 Å². The highest BCUT2D eigenvalue weighted by molar-refractivity contribution is 9.10.